The molecule has 1 aromatic carbocycles. The van der Waals surface area contributed by atoms with Crippen LogP contribution in [0, 0.1) is 0 Å². The molecule has 2 amide bonds. The van der Waals surface area contributed by atoms with Crippen LogP contribution in [0.1, 0.15) is 35.0 Å². The Bertz CT molecular complexity index is 764. The third-order valence-corrected chi connectivity index (χ3v) is 4.68. The van der Waals surface area contributed by atoms with Crippen LogP contribution in [0.4, 0.5) is 0 Å². The van der Waals surface area contributed by atoms with E-state index in [-0.39, 0.29) is 29.5 Å². The SMILES string of the molecule is COCCNC(=O)[C@@H]1CCC(=O)N1C1OC(=O)c2c1ccc(OC)c2OC. The minimum atomic E-state index is -0.972. The Morgan fingerprint density at radius 3 is 2.70 bits per heavy atom. The molecular formula is C18H22N2O7. The highest BCUT2D eigenvalue weighted by atomic mass is 16.6. The van der Waals surface area contributed by atoms with Crippen molar-refractivity contribution in [1.82, 2.24) is 10.2 Å². The molecule has 1 saturated heterocycles. The normalized spacial score (nSPS) is 21.1. The van der Waals surface area contributed by atoms with Gasteiger partial charge < -0.3 is 24.3 Å². The highest BCUT2D eigenvalue weighted by Crippen LogP contribution is 2.45. The summed E-state index contributed by atoms with van der Waals surface area (Å²) in [5, 5.41) is 2.73. The fraction of sp³-hybridized carbons (Fsp3) is 0.500. The van der Waals surface area contributed by atoms with Crippen LogP contribution in [0.15, 0.2) is 12.1 Å². The van der Waals surface area contributed by atoms with Gasteiger partial charge in [-0.15, -0.1) is 0 Å². The van der Waals surface area contributed by atoms with Crippen molar-refractivity contribution in [2.75, 3.05) is 34.5 Å². The Labute approximate surface area is 156 Å². The van der Waals surface area contributed by atoms with Gasteiger partial charge in [0.2, 0.25) is 18.0 Å². The van der Waals surface area contributed by atoms with E-state index in [0.717, 1.165) is 0 Å². The van der Waals surface area contributed by atoms with Gasteiger partial charge in [0.05, 0.1) is 20.8 Å². The molecule has 2 aliphatic rings. The zero-order chi connectivity index (χ0) is 19.6. The molecule has 0 bridgehead atoms. The van der Waals surface area contributed by atoms with Crippen molar-refractivity contribution in [2.24, 2.45) is 0 Å². The molecule has 146 valence electrons. The number of esters is 1. The first-order chi connectivity index (χ1) is 13.0. The highest BCUT2D eigenvalue weighted by Gasteiger charge is 2.47. The second-order valence-electron chi connectivity index (χ2n) is 6.16. The summed E-state index contributed by atoms with van der Waals surface area (Å²) in [5.74, 6) is -0.542. The van der Waals surface area contributed by atoms with Gasteiger partial charge in [-0.05, 0) is 18.6 Å². The number of cyclic esters (lactones) is 1. The van der Waals surface area contributed by atoms with Crippen molar-refractivity contribution in [1.29, 1.82) is 0 Å². The third kappa shape index (κ3) is 3.30. The number of rotatable bonds is 7. The van der Waals surface area contributed by atoms with Gasteiger partial charge in [-0.25, -0.2) is 4.79 Å². The molecule has 1 N–H and O–H groups in total. The van der Waals surface area contributed by atoms with E-state index in [1.54, 1.807) is 12.1 Å². The molecule has 2 aliphatic heterocycles. The fourth-order valence-corrected chi connectivity index (χ4v) is 3.44. The molecule has 0 spiro atoms. The number of methoxy groups -OCH3 is 3. The highest BCUT2D eigenvalue weighted by molar-refractivity contribution is 5.99. The number of fused-ring (bicyclic) bond motifs is 1. The molecule has 0 radical (unpaired) electrons. The minimum absolute atomic E-state index is 0.207. The van der Waals surface area contributed by atoms with Crippen molar-refractivity contribution in [3.05, 3.63) is 23.3 Å². The first kappa shape index (κ1) is 19.0. The van der Waals surface area contributed by atoms with Crippen molar-refractivity contribution in [3.8, 4) is 11.5 Å². The van der Waals surface area contributed by atoms with Gasteiger partial charge >= 0.3 is 5.97 Å². The van der Waals surface area contributed by atoms with E-state index in [0.29, 0.717) is 30.9 Å². The van der Waals surface area contributed by atoms with Gasteiger partial charge in [0, 0.05) is 25.6 Å². The first-order valence-electron chi connectivity index (χ1n) is 8.57. The predicted octanol–water partition coefficient (Wildman–Crippen LogP) is 0.626. The standard InChI is InChI=1S/C18H22N2O7/c1-24-9-8-19-16(22)11-5-7-13(21)20(11)17-10-4-6-12(25-2)15(26-3)14(10)18(23)27-17/h4,6,11,17H,5,7-9H2,1-3H3,(H,19,22)/t11-,17?/m0/s1. The maximum atomic E-state index is 12.5. The second kappa shape index (κ2) is 7.83. The second-order valence-corrected chi connectivity index (χ2v) is 6.16. The first-order valence-corrected chi connectivity index (χ1v) is 8.57. The van der Waals surface area contributed by atoms with Crippen molar-refractivity contribution < 1.29 is 33.3 Å². The molecule has 1 aromatic rings. The lowest BCUT2D eigenvalue weighted by molar-refractivity contribution is -0.145. The monoisotopic (exact) mass is 378 g/mol. The average molecular weight is 378 g/mol. The number of nitrogens with one attached hydrogen (secondary N) is 1. The predicted molar refractivity (Wildman–Crippen MR) is 92.5 cm³/mol. The average Bonchev–Trinajstić information content (AvgIpc) is 3.21. The zero-order valence-corrected chi connectivity index (χ0v) is 15.4. The number of ether oxygens (including phenoxy) is 4. The van der Waals surface area contributed by atoms with Crippen LogP contribution in [0.25, 0.3) is 0 Å². The molecule has 0 aliphatic carbocycles. The number of carbonyl (C=O) groups excluding carboxylic acids is 3. The summed E-state index contributed by atoms with van der Waals surface area (Å²) in [4.78, 5) is 38.8. The summed E-state index contributed by atoms with van der Waals surface area (Å²) in [6, 6.07) is 2.57. The third-order valence-electron chi connectivity index (χ3n) is 4.68. The minimum Gasteiger partial charge on any atom is -0.493 e. The molecule has 0 aromatic heterocycles. The quantitative estimate of drug-likeness (QED) is 0.548. The Morgan fingerprint density at radius 2 is 2.04 bits per heavy atom. The number of hydrogen-bond donors (Lipinski definition) is 1. The van der Waals surface area contributed by atoms with Crippen LogP contribution < -0.4 is 14.8 Å². The van der Waals surface area contributed by atoms with Gasteiger partial charge in [0.1, 0.15) is 11.6 Å². The van der Waals surface area contributed by atoms with Crippen LogP contribution in [0.2, 0.25) is 0 Å². The van der Waals surface area contributed by atoms with E-state index in [2.05, 4.69) is 5.32 Å². The summed E-state index contributed by atoms with van der Waals surface area (Å²) < 4.78 is 20.9. The summed E-state index contributed by atoms with van der Waals surface area (Å²) in [6.07, 6.45) is -0.409. The molecule has 0 saturated carbocycles. The molecule has 9 heteroatoms. The van der Waals surface area contributed by atoms with Crippen LogP contribution >= 0.6 is 0 Å². The van der Waals surface area contributed by atoms with Gasteiger partial charge in [-0.2, -0.15) is 0 Å². The van der Waals surface area contributed by atoms with Gasteiger partial charge in [-0.3, -0.25) is 14.5 Å². The summed E-state index contributed by atoms with van der Waals surface area (Å²) in [7, 11) is 4.42. The van der Waals surface area contributed by atoms with E-state index < -0.39 is 18.2 Å². The van der Waals surface area contributed by atoms with E-state index in [4.69, 9.17) is 18.9 Å². The molecular weight excluding hydrogens is 356 g/mol. The van der Waals surface area contributed by atoms with Crippen molar-refractivity contribution >= 4 is 17.8 Å². The number of likely N-dealkylation sites (tertiary alicyclic amines) is 1. The van der Waals surface area contributed by atoms with Crippen LogP contribution in [0.5, 0.6) is 11.5 Å². The molecule has 9 nitrogen and oxygen atoms in total. The molecule has 1 fully saturated rings. The Morgan fingerprint density at radius 1 is 1.26 bits per heavy atom. The fourth-order valence-electron chi connectivity index (χ4n) is 3.44. The van der Waals surface area contributed by atoms with Crippen LogP contribution in [-0.4, -0.2) is 63.2 Å². The summed E-state index contributed by atoms with van der Waals surface area (Å²) >= 11 is 0. The van der Waals surface area contributed by atoms with Gasteiger partial charge in [0.25, 0.3) is 0 Å². The summed E-state index contributed by atoms with van der Waals surface area (Å²) in [6.45, 7) is 0.699. The number of carbonyl (C=O) groups is 3. The van der Waals surface area contributed by atoms with Crippen molar-refractivity contribution in [2.45, 2.75) is 25.1 Å². The number of hydrogen-bond acceptors (Lipinski definition) is 7. The lowest BCUT2D eigenvalue weighted by Crippen LogP contribution is -2.47. The van der Waals surface area contributed by atoms with Crippen molar-refractivity contribution in [3.63, 3.8) is 0 Å². The number of amides is 2. The van der Waals surface area contributed by atoms with E-state index >= 15 is 0 Å². The van der Waals surface area contributed by atoms with E-state index in [1.165, 1.54) is 26.2 Å². The lowest BCUT2D eigenvalue weighted by Gasteiger charge is -2.29. The van der Waals surface area contributed by atoms with Gasteiger partial charge in [-0.1, -0.05) is 0 Å². The molecule has 27 heavy (non-hydrogen) atoms. The Hall–Kier alpha value is -2.81. The van der Waals surface area contributed by atoms with Crippen LogP contribution in [-0.2, 0) is 19.1 Å². The van der Waals surface area contributed by atoms with E-state index in [9.17, 15) is 14.4 Å². The smallest absolute Gasteiger partial charge is 0.344 e. The maximum absolute atomic E-state index is 12.5. The lowest BCUT2D eigenvalue weighted by atomic mass is 10.1. The van der Waals surface area contributed by atoms with Gasteiger partial charge in [0.15, 0.2) is 11.5 Å². The summed E-state index contributed by atoms with van der Waals surface area (Å²) in [5.41, 5.74) is 0.683. The molecule has 2 heterocycles. The maximum Gasteiger partial charge on any atom is 0.344 e. The number of benzene rings is 1. The molecule has 1 unspecified atom stereocenters. The Kier molecular flexibility index (Phi) is 5.50. The zero-order valence-electron chi connectivity index (χ0n) is 15.4. The largest absolute Gasteiger partial charge is 0.493 e. The molecule has 2 atom stereocenters. The number of nitrogens with zero attached hydrogens (tertiary/aromatic N) is 1. The molecule has 3 rings (SSSR count). The topological polar surface area (TPSA) is 103 Å². The Balaban J connectivity index is 1.91. The van der Waals surface area contributed by atoms with E-state index in [1.807, 2.05) is 0 Å². The van der Waals surface area contributed by atoms with Crippen LogP contribution in [0.3, 0.4) is 0 Å².